The second kappa shape index (κ2) is 10.7. The van der Waals surface area contributed by atoms with Crippen molar-refractivity contribution < 1.29 is 26.8 Å². The van der Waals surface area contributed by atoms with E-state index in [9.17, 15) is 8.42 Å². The van der Waals surface area contributed by atoms with Gasteiger partial charge in [0.1, 0.15) is 5.75 Å². The first-order valence-electron chi connectivity index (χ1n) is 6.69. The topological polar surface area (TPSA) is 71.1 Å². The minimum Gasteiger partial charge on any atom is -0.382 e. The fourth-order valence-electron chi connectivity index (χ4n) is 1.50. The van der Waals surface area contributed by atoms with Crippen LogP contribution in [-0.4, -0.2) is 55.2 Å². The molecule has 0 fully saturated rings. The van der Waals surface area contributed by atoms with Crippen molar-refractivity contribution in [3.8, 4) is 0 Å². The predicted octanol–water partition coefficient (Wildman–Crippen LogP) is 1.21. The minimum atomic E-state index is -3.57. The van der Waals surface area contributed by atoms with Gasteiger partial charge in [0, 0.05) is 7.11 Å². The lowest BCUT2D eigenvalue weighted by Gasteiger charge is -2.07. The summed E-state index contributed by atoms with van der Waals surface area (Å²) in [6.45, 7) is 2.11. The minimum absolute atomic E-state index is 0.00718. The molecule has 0 amide bonds. The van der Waals surface area contributed by atoms with Crippen LogP contribution in [0.4, 0.5) is 0 Å². The van der Waals surface area contributed by atoms with Gasteiger partial charge < -0.3 is 14.2 Å². The highest BCUT2D eigenvalue weighted by Gasteiger charge is 2.11. The molecule has 1 rings (SSSR count). The molecule has 7 heteroatoms. The zero-order valence-corrected chi connectivity index (χ0v) is 13.0. The zero-order chi connectivity index (χ0) is 15.4. The fraction of sp³-hybridized carbons (Fsp3) is 0.571. The van der Waals surface area contributed by atoms with Crippen LogP contribution in [0.25, 0.3) is 0 Å². The first-order chi connectivity index (χ1) is 10.1. The third-order valence-corrected chi connectivity index (χ3v) is 3.69. The van der Waals surface area contributed by atoms with Gasteiger partial charge >= 0.3 is 0 Å². The van der Waals surface area contributed by atoms with Gasteiger partial charge in [-0.05, 0) is 5.56 Å². The molecule has 1 aromatic carbocycles. The van der Waals surface area contributed by atoms with Crippen molar-refractivity contribution in [1.29, 1.82) is 0 Å². The van der Waals surface area contributed by atoms with Crippen LogP contribution in [0, 0.1) is 0 Å². The molecule has 0 spiro atoms. The van der Waals surface area contributed by atoms with E-state index in [0.717, 1.165) is 0 Å². The molecule has 6 nitrogen and oxygen atoms in total. The molecule has 0 N–H and O–H groups in total. The Kier molecular flexibility index (Phi) is 9.20. The van der Waals surface area contributed by atoms with Crippen LogP contribution in [0.5, 0.6) is 0 Å². The smallest absolute Gasteiger partial charge is 0.271 e. The maximum Gasteiger partial charge on any atom is 0.271 e. The quantitative estimate of drug-likeness (QED) is 0.426. The number of ether oxygens (including phenoxy) is 3. The predicted molar refractivity (Wildman–Crippen MR) is 78.5 cm³/mol. The van der Waals surface area contributed by atoms with Crippen molar-refractivity contribution in [3.05, 3.63) is 35.9 Å². The van der Waals surface area contributed by atoms with Crippen molar-refractivity contribution in [2.45, 2.75) is 5.75 Å². The monoisotopic (exact) mass is 318 g/mol. The van der Waals surface area contributed by atoms with Crippen molar-refractivity contribution in [1.82, 2.24) is 0 Å². The summed E-state index contributed by atoms with van der Waals surface area (Å²) in [4.78, 5) is 0. The van der Waals surface area contributed by atoms with E-state index in [4.69, 9.17) is 18.4 Å². The lowest BCUT2D eigenvalue weighted by Crippen LogP contribution is -2.15. The Morgan fingerprint density at radius 2 is 1.43 bits per heavy atom. The standard InChI is InChI=1S/C14H22O6S/c1-17-7-8-18-9-10-19-11-12-20-21(15,16)13-14-5-3-2-4-6-14/h2-6H,7-13H2,1H3. The van der Waals surface area contributed by atoms with Crippen LogP contribution < -0.4 is 0 Å². The zero-order valence-electron chi connectivity index (χ0n) is 12.2. The average Bonchev–Trinajstić information content (AvgIpc) is 2.46. The summed E-state index contributed by atoms with van der Waals surface area (Å²) in [6.07, 6.45) is 0. The van der Waals surface area contributed by atoms with Crippen LogP contribution in [0.2, 0.25) is 0 Å². The molecule has 0 aliphatic rings. The second-order valence-corrected chi connectivity index (χ2v) is 5.87. The molecule has 0 aliphatic heterocycles. The van der Waals surface area contributed by atoms with Crippen molar-refractivity contribution in [2.24, 2.45) is 0 Å². The summed E-state index contributed by atoms with van der Waals surface area (Å²) in [5.74, 6) is -0.131. The van der Waals surface area contributed by atoms with Gasteiger partial charge in [0.25, 0.3) is 10.1 Å². The summed E-state index contributed by atoms with van der Waals surface area (Å²) < 4.78 is 43.5. The van der Waals surface area contributed by atoms with Gasteiger partial charge in [0.05, 0.1) is 39.6 Å². The summed E-state index contributed by atoms with van der Waals surface area (Å²) in [5.41, 5.74) is 0.699. The van der Waals surface area contributed by atoms with Gasteiger partial charge in [-0.1, -0.05) is 30.3 Å². The first-order valence-corrected chi connectivity index (χ1v) is 8.27. The molecular weight excluding hydrogens is 296 g/mol. The maximum absolute atomic E-state index is 11.7. The fourth-order valence-corrected chi connectivity index (χ4v) is 2.51. The molecule has 0 atom stereocenters. The van der Waals surface area contributed by atoms with Gasteiger partial charge in [-0.15, -0.1) is 0 Å². The van der Waals surface area contributed by atoms with E-state index < -0.39 is 10.1 Å². The highest BCUT2D eigenvalue weighted by atomic mass is 32.2. The van der Waals surface area contributed by atoms with Crippen LogP contribution in [0.15, 0.2) is 30.3 Å². The Balaban J connectivity index is 2.06. The van der Waals surface area contributed by atoms with Crippen molar-refractivity contribution >= 4 is 10.1 Å². The van der Waals surface area contributed by atoms with Crippen LogP contribution in [0.1, 0.15) is 5.56 Å². The summed E-state index contributed by atoms with van der Waals surface area (Å²) in [6, 6.07) is 8.90. The second-order valence-electron chi connectivity index (χ2n) is 4.23. The number of hydrogen-bond acceptors (Lipinski definition) is 6. The summed E-state index contributed by atoms with van der Waals surface area (Å²) in [7, 11) is -1.96. The molecule has 21 heavy (non-hydrogen) atoms. The molecule has 1 aromatic rings. The van der Waals surface area contributed by atoms with Crippen LogP contribution >= 0.6 is 0 Å². The van der Waals surface area contributed by atoms with Gasteiger partial charge in [-0.25, -0.2) is 0 Å². The third kappa shape index (κ3) is 9.54. The van der Waals surface area contributed by atoms with Gasteiger partial charge in [0.2, 0.25) is 0 Å². The van der Waals surface area contributed by atoms with Gasteiger partial charge in [-0.2, -0.15) is 8.42 Å². The summed E-state index contributed by atoms with van der Waals surface area (Å²) >= 11 is 0. The van der Waals surface area contributed by atoms with E-state index in [1.807, 2.05) is 6.07 Å². The van der Waals surface area contributed by atoms with Gasteiger partial charge in [-0.3, -0.25) is 4.18 Å². The van der Waals surface area contributed by atoms with Crippen LogP contribution in [0.3, 0.4) is 0 Å². The normalized spacial score (nSPS) is 11.7. The van der Waals surface area contributed by atoms with Crippen molar-refractivity contribution in [2.75, 3.05) is 46.8 Å². The number of hydrogen-bond donors (Lipinski definition) is 0. The van der Waals surface area contributed by atoms with E-state index in [2.05, 4.69) is 0 Å². The number of methoxy groups -OCH3 is 1. The maximum atomic E-state index is 11.7. The Hall–Kier alpha value is -0.990. The molecule has 120 valence electrons. The van der Waals surface area contributed by atoms with E-state index in [-0.39, 0.29) is 19.0 Å². The Morgan fingerprint density at radius 1 is 0.857 bits per heavy atom. The van der Waals surface area contributed by atoms with E-state index in [0.29, 0.717) is 32.0 Å². The highest BCUT2D eigenvalue weighted by molar-refractivity contribution is 7.85. The van der Waals surface area contributed by atoms with Gasteiger partial charge in [0.15, 0.2) is 0 Å². The molecule has 0 unspecified atom stereocenters. The highest BCUT2D eigenvalue weighted by Crippen LogP contribution is 2.06. The molecule has 0 aromatic heterocycles. The lowest BCUT2D eigenvalue weighted by atomic mass is 10.2. The Bertz CT molecular complexity index is 460. The molecule has 0 heterocycles. The Morgan fingerprint density at radius 3 is 2.05 bits per heavy atom. The van der Waals surface area contributed by atoms with E-state index >= 15 is 0 Å². The number of benzene rings is 1. The molecule has 0 bridgehead atoms. The first kappa shape index (κ1) is 18.1. The van der Waals surface area contributed by atoms with E-state index in [1.165, 1.54) is 0 Å². The lowest BCUT2D eigenvalue weighted by molar-refractivity contribution is 0.0184. The largest absolute Gasteiger partial charge is 0.382 e. The number of rotatable bonds is 12. The summed E-state index contributed by atoms with van der Waals surface area (Å²) in [5, 5.41) is 0. The Labute approximate surface area is 126 Å². The van der Waals surface area contributed by atoms with Crippen LogP contribution in [-0.2, 0) is 34.3 Å². The molecule has 0 radical (unpaired) electrons. The molecule has 0 saturated carbocycles. The molecular formula is C14H22O6S. The SMILES string of the molecule is COCCOCCOCCOS(=O)(=O)Cc1ccccc1. The average molecular weight is 318 g/mol. The molecule has 0 aliphatic carbocycles. The van der Waals surface area contributed by atoms with E-state index in [1.54, 1.807) is 31.4 Å². The molecule has 0 saturated heterocycles. The third-order valence-electron chi connectivity index (χ3n) is 2.48. The van der Waals surface area contributed by atoms with Crippen molar-refractivity contribution in [3.63, 3.8) is 0 Å².